The summed E-state index contributed by atoms with van der Waals surface area (Å²) in [4.78, 5) is -0.551. The van der Waals surface area contributed by atoms with Crippen molar-refractivity contribution in [1.82, 2.24) is 4.31 Å². The van der Waals surface area contributed by atoms with Crippen molar-refractivity contribution >= 4 is 15.7 Å². The first kappa shape index (κ1) is 15.2. The van der Waals surface area contributed by atoms with E-state index in [1.54, 1.807) is 6.92 Å². The molecule has 1 fully saturated rings. The van der Waals surface area contributed by atoms with Gasteiger partial charge in [-0.3, -0.25) is 0 Å². The smallest absolute Gasteiger partial charge is 0.246 e. The lowest BCUT2D eigenvalue weighted by Gasteiger charge is -2.26. The Morgan fingerprint density at radius 2 is 1.90 bits per heavy atom. The summed E-state index contributed by atoms with van der Waals surface area (Å²) in [5.74, 6) is -2.06. The molecule has 1 aliphatic heterocycles. The molecule has 0 spiro atoms. The van der Waals surface area contributed by atoms with E-state index in [9.17, 15) is 17.2 Å². The summed E-state index contributed by atoms with van der Waals surface area (Å²) in [6.07, 6.45) is 3.37. The predicted octanol–water partition coefficient (Wildman–Crippen LogP) is 2.50. The van der Waals surface area contributed by atoms with Crippen molar-refractivity contribution in [2.24, 2.45) is 0 Å². The third kappa shape index (κ3) is 2.78. The number of nitrogens with two attached hydrogens (primary N) is 1. The molecule has 2 rings (SSSR count). The summed E-state index contributed by atoms with van der Waals surface area (Å²) in [5.41, 5.74) is 4.99. The van der Waals surface area contributed by atoms with E-state index in [1.165, 1.54) is 4.31 Å². The minimum Gasteiger partial charge on any atom is -0.396 e. The molecule has 1 unspecified atom stereocenters. The second kappa shape index (κ2) is 5.65. The highest BCUT2D eigenvalue weighted by Gasteiger charge is 2.32. The highest BCUT2D eigenvalue weighted by atomic mass is 32.2. The Hall–Kier alpha value is -1.21. The fraction of sp³-hybridized carbons (Fsp3) is 0.538. The Morgan fingerprint density at radius 3 is 2.60 bits per heavy atom. The molecular weight excluding hydrogens is 286 g/mol. The van der Waals surface area contributed by atoms with Gasteiger partial charge in [0, 0.05) is 18.7 Å². The minimum atomic E-state index is -3.99. The molecule has 2 N–H and O–H groups in total. The van der Waals surface area contributed by atoms with Gasteiger partial charge in [-0.2, -0.15) is 4.31 Å². The molecule has 1 aromatic carbocycles. The zero-order valence-electron chi connectivity index (χ0n) is 11.3. The maximum absolute atomic E-state index is 13.8. The van der Waals surface area contributed by atoms with Gasteiger partial charge in [-0.05, 0) is 25.8 Å². The van der Waals surface area contributed by atoms with Gasteiger partial charge >= 0.3 is 0 Å². The summed E-state index contributed by atoms with van der Waals surface area (Å²) < 4.78 is 53.3. The standard InChI is InChI=1S/C13H18F2N2O2S/c1-9-5-3-2-4-6-17(9)20(18,19)13-8-12(16)10(14)7-11(13)15/h7-9H,2-6,16H2,1H3. The maximum Gasteiger partial charge on any atom is 0.246 e. The van der Waals surface area contributed by atoms with E-state index in [0.29, 0.717) is 12.6 Å². The van der Waals surface area contributed by atoms with Gasteiger partial charge in [0.05, 0.1) is 5.69 Å². The largest absolute Gasteiger partial charge is 0.396 e. The van der Waals surface area contributed by atoms with Crippen LogP contribution in [0.5, 0.6) is 0 Å². The van der Waals surface area contributed by atoms with E-state index < -0.39 is 26.6 Å². The van der Waals surface area contributed by atoms with Gasteiger partial charge in [-0.1, -0.05) is 12.8 Å². The van der Waals surface area contributed by atoms with Crippen molar-refractivity contribution < 1.29 is 17.2 Å². The fourth-order valence-corrected chi connectivity index (χ4v) is 4.26. The van der Waals surface area contributed by atoms with E-state index in [0.717, 1.165) is 31.7 Å². The van der Waals surface area contributed by atoms with Crippen LogP contribution in [0.25, 0.3) is 0 Å². The van der Waals surface area contributed by atoms with Crippen molar-refractivity contribution in [3.63, 3.8) is 0 Å². The molecule has 0 aliphatic carbocycles. The van der Waals surface area contributed by atoms with Crippen LogP contribution in [0.4, 0.5) is 14.5 Å². The summed E-state index contributed by atoms with van der Waals surface area (Å²) in [5, 5.41) is 0. The molecule has 112 valence electrons. The van der Waals surface area contributed by atoms with Crippen molar-refractivity contribution in [2.75, 3.05) is 12.3 Å². The molecule has 1 heterocycles. The summed E-state index contributed by atoms with van der Waals surface area (Å²) in [6.45, 7) is 2.15. The molecule has 1 atom stereocenters. The summed E-state index contributed by atoms with van der Waals surface area (Å²) in [7, 11) is -3.99. The van der Waals surface area contributed by atoms with Gasteiger partial charge in [0.2, 0.25) is 10.0 Å². The van der Waals surface area contributed by atoms with Crippen LogP contribution in [0.2, 0.25) is 0 Å². The van der Waals surface area contributed by atoms with Gasteiger partial charge in [-0.15, -0.1) is 0 Å². The highest BCUT2D eigenvalue weighted by molar-refractivity contribution is 7.89. The van der Waals surface area contributed by atoms with Crippen LogP contribution < -0.4 is 5.73 Å². The Labute approximate surface area is 117 Å². The fourth-order valence-electron chi connectivity index (χ4n) is 2.47. The average Bonchev–Trinajstić information content (AvgIpc) is 2.58. The molecule has 0 aromatic heterocycles. The van der Waals surface area contributed by atoms with Gasteiger partial charge in [0.1, 0.15) is 16.5 Å². The van der Waals surface area contributed by atoms with Crippen LogP contribution in [0.3, 0.4) is 0 Å². The molecule has 1 aliphatic rings. The van der Waals surface area contributed by atoms with Gasteiger partial charge < -0.3 is 5.73 Å². The zero-order valence-corrected chi connectivity index (χ0v) is 12.1. The highest BCUT2D eigenvalue weighted by Crippen LogP contribution is 2.28. The van der Waals surface area contributed by atoms with Gasteiger partial charge in [0.25, 0.3) is 0 Å². The number of hydrogen-bond acceptors (Lipinski definition) is 3. The van der Waals surface area contributed by atoms with E-state index >= 15 is 0 Å². The van der Waals surface area contributed by atoms with E-state index in [2.05, 4.69) is 0 Å². The number of halogens is 2. The van der Waals surface area contributed by atoms with E-state index in [-0.39, 0.29) is 11.7 Å². The van der Waals surface area contributed by atoms with Gasteiger partial charge in [0.15, 0.2) is 0 Å². The lowest BCUT2D eigenvalue weighted by Crippen LogP contribution is -2.38. The number of hydrogen-bond donors (Lipinski definition) is 1. The molecule has 1 aromatic rings. The third-order valence-electron chi connectivity index (χ3n) is 3.63. The molecule has 0 amide bonds. The Balaban J connectivity index is 2.46. The SMILES string of the molecule is CC1CCCCCN1S(=O)(=O)c1cc(N)c(F)cc1F. The van der Waals surface area contributed by atoms with Crippen LogP contribution in [-0.2, 0) is 10.0 Å². The van der Waals surface area contributed by atoms with Crippen molar-refractivity contribution in [2.45, 2.75) is 43.5 Å². The Morgan fingerprint density at radius 1 is 1.20 bits per heavy atom. The predicted molar refractivity (Wildman–Crippen MR) is 72.6 cm³/mol. The minimum absolute atomic E-state index is 0.201. The number of nitrogen functional groups attached to an aromatic ring is 1. The first-order valence-electron chi connectivity index (χ1n) is 6.60. The summed E-state index contributed by atoms with van der Waals surface area (Å²) >= 11 is 0. The van der Waals surface area contributed by atoms with Crippen molar-refractivity contribution in [3.8, 4) is 0 Å². The first-order valence-corrected chi connectivity index (χ1v) is 8.04. The monoisotopic (exact) mass is 304 g/mol. The lowest BCUT2D eigenvalue weighted by atomic mass is 10.1. The number of nitrogens with zero attached hydrogens (tertiary/aromatic N) is 1. The van der Waals surface area contributed by atoms with Crippen LogP contribution in [0.1, 0.15) is 32.6 Å². The molecule has 0 radical (unpaired) electrons. The number of anilines is 1. The normalized spacial score (nSPS) is 21.6. The van der Waals surface area contributed by atoms with Gasteiger partial charge in [-0.25, -0.2) is 17.2 Å². The molecule has 1 saturated heterocycles. The van der Waals surface area contributed by atoms with Crippen LogP contribution in [0.15, 0.2) is 17.0 Å². The van der Waals surface area contributed by atoms with Crippen LogP contribution in [-0.4, -0.2) is 25.3 Å². The second-order valence-corrected chi connectivity index (χ2v) is 6.98. The zero-order chi connectivity index (χ0) is 14.9. The second-order valence-electron chi connectivity index (χ2n) is 5.12. The number of sulfonamides is 1. The topological polar surface area (TPSA) is 63.4 Å². The van der Waals surface area contributed by atoms with Crippen molar-refractivity contribution in [3.05, 3.63) is 23.8 Å². The number of benzene rings is 1. The molecule has 0 bridgehead atoms. The first-order chi connectivity index (χ1) is 9.34. The van der Waals surface area contributed by atoms with Crippen LogP contribution in [0, 0.1) is 11.6 Å². The summed E-state index contributed by atoms with van der Waals surface area (Å²) in [6, 6.07) is 1.18. The van der Waals surface area contributed by atoms with E-state index in [4.69, 9.17) is 5.73 Å². The van der Waals surface area contributed by atoms with Crippen LogP contribution >= 0.6 is 0 Å². The third-order valence-corrected chi connectivity index (χ3v) is 5.66. The average molecular weight is 304 g/mol. The molecule has 4 nitrogen and oxygen atoms in total. The quantitative estimate of drug-likeness (QED) is 0.854. The molecule has 0 saturated carbocycles. The lowest BCUT2D eigenvalue weighted by molar-refractivity contribution is 0.340. The van der Waals surface area contributed by atoms with Crippen molar-refractivity contribution in [1.29, 1.82) is 0 Å². The maximum atomic E-state index is 13.8. The van der Waals surface area contributed by atoms with E-state index in [1.807, 2.05) is 0 Å². The Bertz CT molecular complexity index is 605. The number of rotatable bonds is 2. The molecular formula is C13H18F2N2O2S. The Kier molecular flexibility index (Phi) is 4.29. The molecule has 20 heavy (non-hydrogen) atoms. The molecule has 7 heteroatoms.